The average molecular weight is 202 g/mol. The molecule has 76 valence electrons. The van der Waals surface area contributed by atoms with E-state index in [0.29, 0.717) is 0 Å². The van der Waals surface area contributed by atoms with Crippen LogP contribution < -0.4 is 0 Å². The molecule has 0 amide bonds. The molecule has 1 aromatic heterocycles. The lowest BCUT2D eigenvalue weighted by Gasteiger charge is -1.93. The lowest BCUT2D eigenvalue weighted by atomic mass is 10.2. The Labute approximate surface area is 86.5 Å². The summed E-state index contributed by atoms with van der Waals surface area (Å²) in [4.78, 5) is 18.0. The molecule has 2 rings (SSSR count). The largest absolute Gasteiger partial charge is 0.361 e. The van der Waals surface area contributed by atoms with Crippen LogP contribution in [0.4, 0.5) is 0 Å². The molecule has 0 atom stereocenters. The average Bonchev–Trinajstić information content (AvgIpc) is 2.64. The molecule has 0 aliphatic heterocycles. The van der Waals surface area contributed by atoms with E-state index < -0.39 is 5.97 Å². The highest BCUT2D eigenvalue weighted by Gasteiger charge is 1.95. The number of aromatic nitrogens is 1. The van der Waals surface area contributed by atoms with Gasteiger partial charge in [-0.3, -0.25) is 0 Å². The first-order valence-electron chi connectivity index (χ1n) is 4.54. The Kier molecular flexibility index (Phi) is 2.49. The molecule has 0 saturated heterocycles. The Balaban J connectivity index is 2.21. The van der Waals surface area contributed by atoms with Gasteiger partial charge in [0.25, 0.3) is 0 Å². The van der Waals surface area contributed by atoms with Crippen molar-refractivity contribution in [3.05, 3.63) is 36.0 Å². The monoisotopic (exact) mass is 202 g/mol. The van der Waals surface area contributed by atoms with Crippen molar-refractivity contribution in [2.45, 2.75) is 6.92 Å². The van der Waals surface area contributed by atoms with E-state index in [-0.39, 0.29) is 0 Å². The fourth-order valence-corrected chi connectivity index (χ4v) is 1.31. The SMILES string of the molecule is CC(=O)ON=Cc1ccc2[nH]ccc2c1. The Bertz CT molecular complexity index is 514. The summed E-state index contributed by atoms with van der Waals surface area (Å²) in [5.41, 5.74) is 1.96. The predicted octanol–water partition coefficient (Wildman–Crippen LogP) is 2.06. The third-order valence-corrected chi connectivity index (χ3v) is 1.96. The van der Waals surface area contributed by atoms with Crippen LogP contribution in [0.25, 0.3) is 10.9 Å². The van der Waals surface area contributed by atoms with Gasteiger partial charge in [-0.05, 0) is 29.1 Å². The third-order valence-electron chi connectivity index (χ3n) is 1.96. The maximum Gasteiger partial charge on any atom is 0.331 e. The van der Waals surface area contributed by atoms with Crippen LogP contribution in [0.3, 0.4) is 0 Å². The number of carbonyl (C=O) groups is 1. The van der Waals surface area contributed by atoms with E-state index in [1.54, 1.807) is 0 Å². The standard InChI is InChI=1S/C11H10N2O2/c1-8(14)15-13-7-9-2-3-11-10(6-9)4-5-12-11/h2-7,12H,1H3. The van der Waals surface area contributed by atoms with Gasteiger partial charge >= 0.3 is 5.97 Å². The van der Waals surface area contributed by atoms with Gasteiger partial charge in [-0.25, -0.2) is 4.79 Å². The number of nitrogens with one attached hydrogen (secondary N) is 1. The Morgan fingerprint density at radius 2 is 2.33 bits per heavy atom. The van der Waals surface area contributed by atoms with Crippen molar-refractivity contribution >= 4 is 23.1 Å². The van der Waals surface area contributed by atoms with Gasteiger partial charge in [0.15, 0.2) is 0 Å². The van der Waals surface area contributed by atoms with Crippen molar-refractivity contribution in [2.24, 2.45) is 5.16 Å². The molecule has 0 radical (unpaired) electrons. The number of rotatable bonds is 2. The lowest BCUT2D eigenvalue weighted by Crippen LogP contribution is -1.91. The number of H-pyrrole nitrogens is 1. The van der Waals surface area contributed by atoms with E-state index in [1.807, 2.05) is 30.5 Å². The van der Waals surface area contributed by atoms with Crippen LogP contribution in [0, 0.1) is 0 Å². The second-order valence-corrected chi connectivity index (χ2v) is 3.14. The number of fused-ring (bicyclic) bond motifs is 1. The number of benzene rings is 1. The van der Waals surface area contributed by atoms with E-state index in [0.717, 1.165) is 16.5 Å². The topological polar surface area (TPSA) is 54.4 Å². The van der Waals surface area contributed by atoms with Gasteiger partial charge in [-0.15, -0.1) is 0 Å². The lowest BCUT2D eigenvalue weighted by molar-refractivity contribution is -0.140. The fourth-order valence-electron chi connectivity index (χ4n) is 1.31. The molecule has 1 aromatic carbocycles. The molecule has 0 aliphatic carbocycles. The molecule has 4 heteroatoms. The van der Waals surface area contributed by atoms with Gasteiger partial charge in [-0.1, -0.05) is 11.2 Å². The van der Waals surface area contributed by atoms with E-state index in [4.69, 9.17) is 0 Å². The minimum absolute atomic E-state index is 0.422. The first kappa shape index (κ1) is 9.45. The van der Waals surface area contributed by atoms with Crippen molar-refractivity contribution in [2.75, 3.05) is 0 Å². The maximum absolute atomic E-state index is 10.5. The normalized spacial score (nSPS) is 11.0. The minimum atomic E-state index is -0.422. The Morgan fingerprint density at radius 1 is 1.47 bits per heavy atom. The van der Waals surface area contributed by atoms with Crippen molar-refractivity contribution in [1.29, 1.82) is 0 Å². The van der Waals surface area contributed by atoms with Crippen molar-refractivity contribution in [3.63, 3.8) is 0 Å². The number of nitrogens with zero attached hydrogens (tertiary/aromatic N) is 1. The summed E-state index contributed by atoms with van der Waals surface area (Å²) in [5, 5.41) is 4.65. The predicted molar refractivity (Wildman–Crippen MR) is 57.7 cm³/mol. The van der Waals surface area contributed by atoms with Crippen LogP contribution in [0.1, 0.15) is 12.5 Å². The maximum atomic E-state index is 10.5. The van der Waals surface area contributed by atoms with Gasteiger partial charge in [-0.2, -0.15) is 0 Å². The molecule has 4 nitrogen and oxygen atoms in total. The highest BCUT2D eigenvalue weighted by atomic mass is 16.7. The number of hydrogen-bond acceptors (Lipinski definition) is 3. The van der Waals surface area contributed by atoms with Crippen LogP contribution >= 0.6 is 0 Å². The first-order chi connectivity index (χ1) is 7.25. The summed E-state index contributed by atoms with van der Waals surface area (Å²) in [7, 11) is 0. The Morgan fingerprint density at radius 3 is 3.13 bits per heavy atom. The first-order valence-corrected chi connectivity index (χ1v) is 4.54. The molecule has 0 aliphatic rings. The molecular weight excluding hydrogens is 192 g/mol. The van der Waals surface area contributed by atoms with Crippen LogP contribution in [0.2, 0.25) is 0 Å². The number of oxime groups is 1. The van der Waals surface area contributed by atoms with Gasteiger partial charge in [0, 0.05) is 18.6 Å². The zero-order valence-corrected chi connectivity index (χ0v) is 8.23. The fraction of sp³-hybridized carbons (Fsp3) is 0.0909. The molecular formula is C11H10N2O2. The van der Waals surface area contributed by atoms with Crippen LogP contribution in [-0.2, 0) is 9.63 Å². The number of carbonyl (C=O) groups excluding carboxylic acids is 1. The molecule has 2 aromatic rings. The molecule has 0 unspecified atom stereocenters. The summed E-state index contributed by atoms with van der Waals surface area (Å²) in [5.74, 6) is -0.422. The van der Waals surface area contributed by atoms with E-state index in [2.05, 4.69) is 15.0 Å². The van der Waals surface area contributed by atoms with E-state index in [1.165, 1.54) is 13.1 Å². The third kappa shape index (κ3) is 2.22. The van der Waals surface area contributed by atoms with Crippen molar-refractivity contribution in [1.82, 2.24) is 4.98 Å². The number of aromatic amines is 1. The van der Waals surface area contributed by atoms with E-state index in [9.17, 15) is 4.79 Å². The van der Waals surface area contributed by atoms with Crippen molar-refractivity contribution < 1.29 is 9.63 Å². The molecule has 15 heavy (non-hydrogen) atoms. The Hall–Kier alpha value is -2.10. The van der Waals surface area contributed by atoms with Crippen LogP contribution in [-0.4, -0.2) is 17.2 Å². The van der Waals surface area contributed by atoms with Gasteiger partial charge < -0.3 is 9.82 Å². The van der Waals surface area contributed by atoms with Crippen LogP contribution in [0.5, 0.6) is 0 Å². The molecule has 0 spiro atoms. The number of hydrogen-bond donors (Lipinski definition) is 1. The van der Waals surface area contributed by atoms with Gasteiger partial charge in [0.1, 0.15) is 0 Å². The zero-order valence-electron chi connectivity index (χ0n) is 8.23. The summed E-state index contributed by atoms with van der Waals surface area (Å²) in [6.07, 6.45) is 3.38. The molecule has 0 bridgehead atoms. The molecule has 1 heterocycles. The molecule has 1 N–H and O–H groups in total. The van der Waals surface area contributed by atoms with Crippen LogP contribution in [0.15, 0.2) is 35.6 Å². The minimum Gasteiger partial charge on any atom is -0.361 e. The highest BCUT2D eigenvalue weighted by Crippen LogP contribution is 2.12. The molecule has 0 saturated carbocycles. The summed E-state index contributed by atoms with van der Waals surface area (Å²) in [6.45, 7) is 1.31. The second kappa shape index (κ2) is 3.96. The smallest absolute Gasteiger partial charge is 0.331 e. The van der Waals surface area contributed by atoms with Gasteiger partial charge in [0.05, 0.1) is 6.21 Å². The summed E-state index contributed by atoms with van der Waals surface area (Å²) in [6, 6.07) is 7.77. The zero-order chi connectivity index (χ0) is 10.7. The van der Waals surface area contributed by atoms with E-state index >= 15 is 0 Å². The summed E-state index contributed by atoms with van der Waals surface area (Å²) >= 11 is 0. The quantitative estimate of drug-likeness (QED) is 0.460. The second-order valence-electron chi connectivity index (χ2n) is 3.14. The molecule has 0 fully saturated rings. The van der Waals surface area contributed by atoms with Gasteiger partial charge in [0.2, 0.25) is 0 Å². The summed E-state index contributed by atoms with van der Waals surface area (Å²) < 4.78 is 0. The van der Waals surface area contributed by atoms with Crippen molar-refractivity contribution in [3.8, 4) is 0 Å². The highest BCUT2D eigenvalue weighted by molar-refractivity contribution is 5.88.